The number of hydrogen-bond acceptors (Lipinski definition) is 7. The highest BCUT2D eigenvalue weighted by Gasteiger charge is 2.40. The lowest BCUT2D eigenvalue weighted by molar-refractivity contribution is 0.323. The Balaban J connectivity index is 1.75. The van der Waals surface area contributed by atoms with Gasteiger partial charge >= 0.3 is 0 Å². The van der Waals surface area contributed by atoms with E-state index in [0.717, 1.165) is 20.8 Å². The van der Waals surface area contributed by atoms with Crippen LogP contribution in [0.1, 0.15) is 27.9 Å². The quantitative estimate of drug-likeness (QED) is 0.372. The first-order valence-electron chi connectivity index (χ1n) is 12.0. The maximum atomic E-state index is 13.8. The van der Waals surface area contributed by atoms with Crippen LogP contribution in [-0.2, 0) is 21.9 Å². The van der Waals surface area contributed by atoms with Crippen molar-refractivity contribution in [3.8, 4) is 17.2 Å². The number of aromatic nitrogens is 2. The van der Waals surface area contributed by atoms with Gasteiger partial charge in [-0.3, -0.25) is 0 Å². The number of benzene rings is 3. The number of fused-ring (bicyclic) bond motifs is 1. The normalized spacial score (nSPS) is 16.6. The van der Waals surface area contributed by atoms with Crippen LogP contribution >= 0.6 is 0 Å². The Kier molecular flexibility index (Phi) is 6.40. The summed E-state index contributed by atoms with van der Waals surface area (Å²) in [4.78, 5) is 0.140. The largest absolute Gasteiger partial charge is 0.493 e. The first-order chi connectivity index (χ1) is 18.2. The molecule has 38 heavy (non-hydrogen) atoms. The van der Waals surface area contributed by atoms with Gasteiger partial charge in [0, 0.05) is 17.4 Å². The van der Waals surface area contributed by atoms with E-state index >= 15 is 0 Å². The molecule has 196 valence electrons. The lowest BCUT2D eigenvalue weighted by Gasteiger charge is -2.35. The number of hydrogen-bond donors (Lipinski definition) is 1. The Bertz CT molecular complexity index is 1600. The first kappa shape index (κ1) is 25.4. The van der Waals surface area contributed by atoms with E-state index in [1.807, 2.05) is 61.5 Å². The Hall–Kier alpha value is -4.24. The number of ether oxygens (including phenoxy) is 3. The van der Waals surface area contributed by atoms with Gasteiger partial charge in [0.2, 0.25) is 5.75 Å². The van der Waals surface area contributed by atoms with Crippen molar-refractivity contribution in [1.82, 2.24) is 9.19 Å². The molecule has 1 aliphatic rings. The van der Waals surface area contributed by atoms with Crippen molar-refractivity contribution in [2.75, 3.05) is 27.1 Å². The molecule has 1 atom stereocenters. The minimum absolute atomic E-state index is 0.140. The molecule has 0 radical (unpaired) electrons. The summed E-state index contributed by atoms with van der Waals surface area (Å²) in [6.45, 7) is 1.90. The fourth-order valence-electron chi connectivity index (χ4n) is 5.00. The molecule has 0 saturated heterocycles. The number of nitrogens with two attached hydrogens (primary N) is 1. The average molecular weight is 532 g/mol. The van der Waals surface area contributed by atoms with Crippen LogP contribution in [0.5, 0.6) is 17.2 Å². The summed E-state index contributed by atoms with van der Waals surface area (Å²) in [6, 6.07) is 20.3. The molecule has 8 nitrogen and oxygen atoms in total. The Morgan fingerprint density at radius 1 is 0.895 bits per heavy atom. The third-order valence-corrected chi connectivity index (χ3v) is 8.64. The van der Waals surface area contributed by atoms with Gasteiger partial charge in [0.05, 0.1) is 31.9 Å². The van der Waals surface area contributed by atoms with Gasteiger partial charge in [-0.05, 0) is 42.3 Å². The summed E-state index contributed by atoms with van der Waals surface area (Å²) in [6.07, 6.45) is 4.15. The number of aryl methyl sites for hydroxylation is 1. The zero-order valence-corrected chi connectivity index (χ0v) is 22.5. The highest BCUT2D eigenvalue weighted by molar-refractivity contribution is 7.89. The number of nitrogens with zero attached hydrogens (tertiary/aromatic N) is 2. The van der Waals surface area contributed by atoms with E-state index in [9.17, 15) is 8.42 Å². The fourth-order valence-corrected chi connectivity index (χ4v) is 6.33. The van der Waals surface area contributed by atoms with Crippen LogP contribution in [0.3, 0.4) is 0 Å². The third-order valence-electron chi connectivity index (χ3n) is 7.01. The second kappa shape index (κ2) is 9.57. The van der Waals surface area contributed by atoms with Gasteiger partial charge in [-0.1, -0.05) is 60.2 Å². The SMILES string of the molecule is COc1cc(C2(c3ccccc3)C=Cc3c(N)nn(S(=O)(=O)c4ccc(C)cc4)c3C2)cc(OC)c1OC. The minimum Gasteiger partial charge on any atom is -0.493 e. The molecular weight excluding hydrogens is 502 g/mol. The Morgan fingerprint density at radius 3 is 2.11 bits per heavy atom. The number of allylic oxidation sites excluding steroid dienone is 1. The summed E-state index contributed by atoms with van der Waals surface area (Å²) >= 11 is 0. The Morgan fingerprint density at radius 2 is 1.53 bits per heavy atom. The fraction of sp³-hybridized carbons (Fsp3) is 0.207. The molecule has 1 aromatic heterocycles. The van der Waals surface area contributed by atoms with Crippen molar-refractivity contribution in [3.63, 3.8) is 0 Å². The van der Waals surface area contributed by atoms with E-state index in [2.05, 4.69) is 5.10 Å². The highest BCUT2D eigenvalue weighted by atomic mass is 32.2. The summed E-state index contributed by atoms with van der Waals surface area (Å²) in [5.41, 5.74) is 9.28. The number of methoxy groups -OCH3 is 3. The maximum absolute atomic E-state index is 13.8. The smallest absolute Gasteiger partial charge is 0.283 e. The van der Waals surface area contributed by atoms with E-state index in [4.69, 9.17) is 19.9 Å². The van der Waals surface area contributed by atoms with Crippen LogP contribution < -0.4 is 19.9 Å². The van der Waals surface area contributed by atoms with E-state index in [1.54, 1.807) is 45.6 Å². The molecule has 0 saturated carbocycles. The van der Waals surface area contributed by atoms with Crippen LogP contribution in [0.4, 0.5) is 5.82 Å². The molecule has 0 aliphatic heterocycles. The van der Waals surface area contributed by atoms with Crippen LogP contribution in [0.2, 0.25) is 0 Å². The molecule has 9 heteroatoms. The number of anilines is 1. The third kappa shape index (κ3) is 3.99. The predicted octanol–water partition coefficient (Wildman–Crippen LogP) is 4.59. The zero-order valence-electron chi connectivity index (χ0n) is 21.6. The molecule has 0 spiro atoms. The molecular formula is C29H29N3O5S. The van der Waals surface area contributed by atoms with Crippen LogP contribution in [0.15, 0.2) is 77.7 Å². The molecule has 3 aromatic carbocycles. The van der Waals surface area contributed by atoms with Crippen molar-refractivity contribution in [3.05, 3.63) is 101 Å². The van der Waals surface area contributed by atoms with Crippen molar-refractivity contribution in [2.24, 2.45) is 0 Å². The Labute approximate surface area is 222 Å². The molecule has 1 unspecified atom stereocenters. The van der Waals surface area contributed by atoms with E-state index < -0.39 is 15.4 Å². The van der Waals surface area contributed by atoms with Crippen LogP contribution in [0, 0.1) is 6.92 Å². The summed E-state index contributed by atoms with van der Waals surface area (Å²) < 4.78 is 45.4. The van der Waals surface area contributed by atoms with E-state index in [-0.39, 0.29) is 17.1 Å². The monoisotopic (exact) mass is 531 g/mol. The lowest BCUT2D eigenvalue weighted by Crippen LogP contribution is -2.33. The topological polar surface area (TPSA) is 106 Å². The van der Waals surface area contributed by atoms with Gasteiger partial charge in [0.25, 0.3) is 10.0 Å². The van der Waals surface area contributed by atoms with Gasteiger partial charge in [-0.15, -0.1) is 5.10 Å². The van der Waals surface area contributed by atoms with Crippen molar-refractivity contribution >= 4 is 21.9 Å². The molecule has 0 bridgehead atoms. The van der Waals surface area contributed by atoms with E-state index in [0.29, 0.717) is 28.5 Å². The molecule has 1 heterocycles. The van der Waals surface area contributed by atoms with Crippen molar-refractivity contribution in [1.29, 1.82) is 0 Å². The minimum atomic E-state index is -4.00. The van der Waals surface area contributed by atoms with Gasteiger partial charge < -0.3 is 19.9 Å². The predicted molar refractivity (Wildman–Crippen MR) is 146 cm³/mol. The van der Waals surface area contributed by atoms with E-state index in [1.165, 1.54) is 0 Å². The molecule has 5 rings (SSSR count). The first-order valence-corrected chi connectivity index (χ1v) is 13.4. The summed E-state index contributed by atoms with van der Waals surface area (Å²) in [5, 5.41) is 4.30. The molecule has 2 N–H and O–H groups in total. The lowest BCUT2D eigenvalue weighted by atomic mass is 9.68. The maximum Gasteiger partial charge on any atom is 0.283 e. The highest BCUT2D eigenvalue weighted by Crippen LogP contribution is 2.48. The van der Waals surface area contributed by atoms with Crippen molar-refractivity contribution < 1.29 is 22.6 Å². The standard InChI is InChI=1S/C29H29N3O5S/c1-19-10-12-22(13-11-19)38(33,34)32-24-18-29(20-8-6-5-7-9-20,15-14-23(24)28(30)31-32)21-16-25(35-2)27(37-4)26(17-21)36-3/h5-17H,18H2,1-4H3,(H2,30,31). The van der Waals surface area contributed by atoms with Gasteiger partial charge in [0.15, 0.2) is 17.3 Å². The van der Waals surface area contributed by atoms with Gasteiger partial charge in [-0.2, -0.15) is 12.5 Å². The van der Waals surface area contributed by atoms with Crippen molar-refractivity contribution in [2.45, 2.75) is 23.7 Å². The molecule has 4 aromatic rings. The summed E-state index contributed by atoms with van der Waals surface area (Å²) in [5.74, 6) is 1.62. The molecule has 0 amide bonds. The van der Waals surface area contributed by atoms with Gasteiger partial charge in [-0.25, -0.2) is 0 Å². The zero-order chi connectivity index (χ0) is 27.1. The molecule has 1 aliphatic carbocycles. The van der Waals surface area contributed by atoms with Crippen LogP contribution in [0.25, 0.3) is 6.08 Å². The van der Waals surface area contributed by atoms with Gasteiger partial charge in [0.1, 0.15) is 0 Å². The average Bonchev–Trinajstić information content (AvgIpc) is 3.28. The number of rotatable bonds is 7. The number of nitrogen functional groups attached to an aromatic ring is 1. The van der Waals surface area contributed by atoms with Crippen LogP contribution in [-0.4, -0.2) is 38.9 Å². The second-order valence-electron chi connectivity index (χ2n) is 9.17. The second-order valence-corrected chi connectivity index (χ2v) is 10.9. The summed E-state index contributed by atoms with van der Waals surface area (Å²) in [7, 11) is 0.677. The molecule has 0 fully saturated rings.